The van der Waals surface area contributed by atoms with Crippen LogP contribution in [0.5, 0.6) is 11.5 Å². The van der Waals surface area contributed by atoms with Crippen molar-refractivity contribution in [2.24, 2.45) is 0 Å². The van der Waals surface area contributed by atoms with E-state index in [-0.39, 0.29) is 19.0 Å². The summed E-state index contributed by atoms with van der Waals surface area (Å²) in [5.74, 6) is 0.813. The highest BCUT2D eigenvalue weighted by Gasteiger charge is 2.17. The predicted molar refractivity (Wildman–Crippen MR) is 73.3 cm³/mol. The van der Waals surface area contributed by atoms with E-state index < -0.39 is 15.1 Å². The average Bonchev–Trinajstić information content (AvgIpc) is 2.38. The van der Waals surface area contributed by atoms with Gasteiger partial charge in [-0.05, 0) is 19.9 Å². The fourth-order valence-electron chi connectivity index (χ4n) is 1.51. The Morgan fingerprint density at radius 1 is 1.32 bits per heavy atom. The van der Waals surface area contributed by atoms with Crippen LogP contribution in [0.1, 0.15) is 19.4 Å². The topological polar surface area (TPSA) is 72.8 Å². The summed E-state index contributed by atoms with van der Waals surface area (Å²) in [6.45, 7) is 3.12. The van der Waals surface area contributed by atoms with Crippen molar-refractivity contribution in [3.8, 4) is 11.5 Å². The number of hydrogen-bond donors (Lipinski definition) is 1. The minimum absolute atomic E-state index is 0.0356. The van der Waals surface area contributed by atoms with Gasteiger partial charge in [0.2, 0.25) is 0 Å². The van der Waals surface area contributed by atoms with Crippen LogP contribution in [0, 0.1) is 0 Å². The molecule has 0 aromatic heterocycles. The highest BCUT2D eigenvalue weighted by molar-refractivity contribution is 7.91. The summed E-state index contributed by atoms with van der Waals surface area (Å²) in [5.41, 5.74) is 0.571. The maximum Gasteiger partial charge on any atom is 0.166 e. The third-order valence-corrected chi connectivity index (χ3v) is 4.96. The first kappa shape index (κ1) is 15.8. The van der Waals surface area contributed by atoms with Crippen molar-refractivity contribution in [2.75, 3.05) is 19.5 Å². The predicted octanol–water partition coefficient (Wildman–Crippen LogP) is 1.39. The lowest BCUT2D eigenvalue weighted by Gasteiger charge is -2.14. The minimum Gasteiger partial charge on any atom is -0.493 e. The molecule has 0 fully saturated rings. The first-order chi connectivity index (χ1) is 8.92. The van der Waals surface area contributed by atoms with E-state index in [0.717, 1.165) is 0 Å². The summed E-state index contributed by atoms with van der Waals surface area (Å²) >= 11 is 0. The normalized spacial score (nSPS) is 11.6. The lowest BCUT2D eigenvalue weighted by Crippen LogP contribution is -2.22. The van der Waals surface area contributed by atoms with Gasteiger partial charge in [-0.2, -0.15) is 0 Å². The van der Waals surface area contributed by atoms with Gasteiger partial charge in [0.25, 0.3) is 0 Å². The molecular formula is C13H20O5S. The van der Waals surface area contributed by atoms with Crippen LogP contribution in [-0.4, -0.2) is 38.2 Å². The molecule has 0 radical (unpaired) electrons. The number of ether oxygens (including phenoxy) is 2. The summed E-state index contributed by atoms with van der Waals surface area (Å²) in [7, 11) is -1.64. The smallest absolute Gasteiger partial charge is 0.166 e. The molecule has 0 aliphatic rings. The Balaban J connectivity index is 2.78. The highest BCUT2D eigenvalue weighted by Crippen LogP contribution is 2.31. The molecule has 0 aliphatic heterocycles. The number of methoxy groups -OCH3 is 1. The molecule has 0 heterocycles. The molecule has 0 saturated heterocycles. The largest absolute Gasteiger partial charge is 0.493 e. The zero-order valence-electron chi connectivity index (χ0n) is 11.4. The minimum atomic E-state index is -3.14. The Morgan fingerprint density at radius 2 is 2.00 bits per heavy atom. The Hall–Kier alpha value is -1.27. The fourth-order valence-corrected chi connectivity index (χ4v) is 2.29. The molecule has 1 aromatic carbocycles. The number of aliphatic hydroxyl groups excluding tert-OH is 1. The molecule has 6 heteroatoms. The molecule has 0 bridgehead atoms. The van der Waals surface area contributed by atoms with Gasteiger partial charge < -0.3 is 14.6 Å². The summed E-state index contributed by atoms with van der Waals surface area (Å²) in [5, 5.41) is 8.81. The van der Waals surface area contributed by atoms with Gasteiger partial charge in [0.15, 0.2) is 21.3 Å². The molecule has 108 valence electrons. The number of benzene rings is 1. The van der Waals surface area contributed by atoms with Gasteiger partial charge in [-0.15, -0.1) is 0 Å². The maximum absolute atomic E-state index is 11.7. The maximum atomic E-state index is 11.7. The molecule has 0 spiro atoms. The highest BCUT2D eigenvalue weighted by atomic mass is 32.2. The molecule has 0 atom stereocenters. The van der Waals surface area contributed by atoms with Crippen LogP contribution in [0.15, 0.2) is 18.2 Å². The van der Waals surface area contributed by atoms with E-state index in [1.54, 1.807) is 32.0 Å². The molecule has 1 N–H and O–H groups in total. The van der Waals surface area contributed by atoms with Crippen LogP contribution in [0.25, 0.3) is 0 Å². The molecule has 0 amide bonds. The zero-order chi connectivity index (χ0) is 14.5. The molecule has 1 aromatic rings. The quantitative estimate of drug-likeness (QED) is 0.821. The van der Waals surface area contributed by atoms with E-state index in [1.165, 1.54) is 7.11 Å². The summed E-state index contributed by atoms with van der Waals surface area (Å²) in [4.78, 5) is 0. The SMILES string of the molecule is COc1cccc(CO)c1OCCS(=O)(=O)C(C)C. The van der Waals surface area contributed by atoms with Gasteiger partial charge in [-0.25, -0.2) is 8.42 Å². The van der Waals surface area contributed by atoms with Gasteiger partial charge in [0.05, 0.1) is 24.7 Å². The number of aliphatic hydroxyl groups is 1. The van der Waals surface area contributed by atoms with Crippen molar-refractivity contribution >= 4 is 9.84 Å². The van der Waals surface area contributed by atoms with Gasteiger partial charge in [-0.3, -0.25) is 0 Å². The van der Waals surface area contributed by atoms with Crippen LogP contribution in [0.3, 0.4) is 0 Å². The standard InChI is InChI=1S/C13H20O5S/c1-10(2)19(15,16)8-7-18-13-11(9-14)5-4-6-12(13)17-3/h4-6,10,14H,7-9H2,1-3H3. The van der Waals surface area contributed by atoms with E-state index >= 15 is 0 Å². The first-order valence-corrected chi connectivity index (χ1v) is 7.75. The third kappa shape index (κ3) is 4.11. The van der Waals surface area contributed by atoms with Crippen LogP contribution in [0.4, 0.5) is 0 Å². The van der Waals surface area contributed by atoms with Gasteiger partial charge in [-0.1, -0.05) is 12.1 Å². The molecule has 0 aliphatic carbocycles. The number of hydrogen-bond acceptors (Lipinski definition) is 5. The van der Waals surface area contributed by atoms with E-state index in [9.17, 15) is 13.5 Å². The van der Waals surface area contributed by atoms with Crippen molar-refractivity contribution in [3.05, 3.63) is 23.8 Å². The number of sulfone groups is 1. The van der Waals surface area contributed by atoms with Crippen molar-refractivity contribution < 1.29 is 23.0 Å². The second-order valence-electron chi connectivity index (χ2n) is 4.37. The zero-order valence-corrected chi connectivity index (χ0v) is 12.2. The molecular weight excluding hydrogens is 268 g/mol. The Bertz CT molecular complexity index is 486. The second kappa shape index (κ2) is 6.77. The lowest BCUT2D eigenvalue weighted by atomic mass is 10.2. The van der Waals surface area contributed by atoms with Crippen LogP contribution in [0.2, 0.25) is 0 Å². The molecule has 1 rings (SSSR count). The third-order valence-electron chi connectivity index (χ3n) is 2.78. The molecule has 19 heavy (non-hydrogen) atoms. The van der Waals surface area contributed by atoms with E-state index in [4.69, 9.17) is 9.47 Å². The Morgan fingerprint density at radius 3 is 2.53 bits per heavy atom. The lowest BCUT2D eigenvalue weighted by molar-refractivity contribution is 0.260. The van der Waals surface area contributed by atoms with Crippen LogP contribution in [-0.2, 0) is 16.4 Å². The molecule has 0 saturated carbocycles. The van der Waals surface area contributed by atoms with Crippen molar-refractivity contribution in [3.63, 3.8) is 0 Å². The summed E-state index contributed by atoms with van der Waals surface area (Å²) in [6, 6.07) is 5.14. The van der Waals surface area contributed by atoms with Crippen LogP contribution >= 0.6 is 0 Å². The Labute approximate surface area is 114 Å². The van der Waals surface area contributed by atoms with E-state index in [1.807, 2.05) is 0 Å². The molecule has 0 unspecified atom stereocenters. The number of rotatable bonds is 7. The van der Waals surface area contributed by atoms with Gasteiger partial charge >= 0.3 is 0 Å². The Kier molecular flexibility index (Phi) is 5.62. The fraction of sp³-hybridized carbons (Fsp3) is 0.538. The van der Waals surface area contributed by atoms with Crippen molar-refractivity contribution in [1.82, 2.24) is 0 Å². The summed E-state index contributed by atoms with van der Waals surface area (Å²) in [6.07, 6.45) is 0. The van der Waals surface area contributed by atoms with E-state index in [0.29, 0.717) is 17.1 Å². The number of para-hydroxylation sites is 1. The summed E-state index contributed by atoms with van der Waals surface area (Å²) < 4.78 is 33.9. The second-order valence-corrected chi connectivity index (χ2v) is 7.05. The first-order valence-electron chi connectivity index (χ1n) is 6.03. The van der Waals surface area contributed by atoms with Crippen molar-refractivity contribution in [1.29, 1.82) is 0 Å². The van der Waals surface area contributed by atoms with Crippen LogP contribution < -0.4 is 9.47 Å². The van der Waals surface area contributed by atoms with Crippen molar-refractivity contribution in [2.45, 2.75) is 25.7 Å². The molecule has 5 nitrogen and oxygen atoms in total. The average molecular weight is 288 g/mol. The van der Waals surface area contributed by atoms with Gasteiger partial charge in [0, 0.05) is 5.56 Å². The monoisotopic (exact) mass is 288 g/mol. The van der Waals surface area contributed by atoms with E-state index in [2.05, 4.69) is 0 Å². The van der Waals surface area contributed by atoms with Gasteiger partial charge in [0.1, 0.15) is 6.61 Å².